The van der Waals surface area contributed by atoms with Gasteiger partial charge < -0.3 is 14.7 Å². The molecule has 0 aromatic heterocycles. The summed E-state index contributed by atoms with van der Waals surface area (Å²) in [6, 6.07) is 0. The Morgan fingerprint density at radius 3 is 1.14 bits per heavy atom. The fourth-order valence-corrected chi connectivity index (χ4v) is 0. The molecule has 0 unspecified atom stereocenters. The van der Waals surface area contributed by atoms with Gasteiger partial charge in [0.1, 0.15) is 0 Å². The summed E-state index contributed by atoms with van der Waals surface area (Å²) in [7, 11) is -4.64. The molecule has 4 nitrogen and oxygen atoms in total. The van der Waals surface area contributed by atoms with Crippen molar-refractivity contribution < 1.29 is 41.0 Å². The molecular formula is H3LiO4PTi. The molecule has 0 spiro atoms. The van der Waals surface area contributed by atoms with Crippen LogP contribution >= 0.6 is 7.82 Å². The molecule has 0 rings (SSSR count). The first kappa shape index (κ1) is 15.8. The van der Waals surface area contributed by atoms with Gasteiger partial charge in [-0.15, -0.1) is 0 Å². The maximum atomic E-state index is 8.88. The topological polar surface area (TPSA) is 77.8 Å². The van der Waals surface area contributed by atoms with Crippen LogP contribution in [0.2, 0.25) is 0 Å². The molecular weight excluding hydrogens is 150 g/mol. The van der Waals surface area contributed by atoms with Gasteiger partial charge in [0.05, 0.1) is 0 Å². The van der Waals surface area contributed by atoms with Crippen molar-refractivity contribution >= 4 is 26.7 Å². The molecule has 0 bridgehead atoms. The van der Waals surface area contributed by atoms with Crippen molar-refractivity contribution in [2.24, 2.45) is 0 Å². The second-order valence-electron chi connectivity index (χ2n) is 0.513. The fourth-order valence-electron chi connectivity index (χ4n) is 0. The monoisotopic (exact) mass is 153 g/mol. The molecule has 0 saturated carbocycles. The van der Waals surface area contributed by atoms with Gasteiger partial charge in [0, 0.05) is 40.6 Å². The van der Waals surface area contributed by atoms with Crippen molar-refractivity contribution in [2.75, 3.05) is 0 Å². The normalized spacial score (nSPS) is 8.43. The Balaban J connectivity index is -0.0000000800. The summed E-state index contributed by atoms with van der Waals surface area (Å²) in [5.41, 5.74) is 0. The molecule has 0 amide bonds. The van der Waals surface area contributed by atoms with Crippen molar-refractivity contribution in [3.05, 3.63) is 0 Å². The summed E-state index contributed by atoms with van der Waals surface area (Å²) in [6.07, 6.45) is 0. The molecule has 7 heteroatoms. The fraction of sp³-hybridized carbons (Fsp3) is 0. The van der Waals surface area contributed by atoms with Crippen LogP contribution in [0.25, 0.3) is 0 Å². The van der Waals surface area contributed by atoms with Crippen LogP contribution in [0, 0.1) is 0 Å². The molecule has 0 aliphatic rings. The van der Waals surface area contributed by atoms with E-state index in [1.165, 1.54) is 0 Å². The standard InChI is InChI=1S/Li.H3O4P.Ti/c;1-5(2,3)4;/h;(H3,1,2,3,4);. The molecule has 37 valence electrons. The maximum absolute atomic E-state index is 8.88. The number of phosphoric acid groups is 1. The van der Waals surface area contributed by atoms with E-state index in [-0.39, 0.29) is 40.6 Å². The van der Waals surface area contributed by atoms with Gasteiger partial charge in [-0.2, -0.15) is 0 Å². The van der Waals surface area contributed by atoms with Crippen molar-refractivity contribution in [1.82, 2.24) is 0 Å². The van der Waals surface area contributed by atoms with E-state index in [4.69, 9.17) is 19.2 Å². The average molecular weight is 153 g/mol. The summed E-state index contributed by atoms with van der Waals surface area (Å²) in [6.45, 7) is 0. The zero-order valence-corrected chi connectivity index (χ0v) is 6.15. The van der Waals surface area contributed by atoms with Crippen LogP contribution in [0.4, 0.5) is 0 Å². The molecule has 0 aliphatic carbocycles. The van der Waals surface area contributed by atoms with Gasteiger partial charge in [-0.1, -0.05) is 0 Å². The van der Waals surface area contributed by atoms with Crippen molar-refractivity contribution in [2.45, 2.75) is 0 Å². The summed E-state index contributed by atoms with van der Waals surface area (Å²) in [4.78, 5) is 21.6. The summed E-state index contributed by atoms with van der Waals surface area (Å²) in [5.74, 6) is 0. The molecule has 0 saturated heterocycles. The van der Waals surface area contributed by atoms with Crippen LogP contribution in [-0.2, 0) is 26.3 Å². The van der Waals surface area contributed by atoms with Gasteiger partial charge in [0.25, 0.3) is 0 Å². The third-order valence-corrected chi connectivity index (χ3v) is 0. The number of hydrogen-bond acceptors (Lipinski definition) is 1. The molecule has 0 aromatic rings. The van der Waals surface area contributed by atoms with E-state index in [0.717, 1.165) is 0 Å². The minimum absolute atomic E-state index is 0. The van der Waals surface area contributed by atoms with E-state index < -0.39 is 7.82 Å². The Bertz CT molecular complexity index is 57.8. The minimum Gasteiger partial charge on any atom is -0.303 e. The van der Waals surface area contributed by atoms with Gasteiger partial charge in [0.15, 0.2) is 0 Å². The third-order valence-electron chi connectivity index (χ3n) is 0. The molecule has 0 atom stereocenters. The Hall–Kier alpha value is 1.42. The van der Waals surface area contributed by atoms with E-state index in [1.54, 1.807) is 0 Å². The van der Waals surface area contributed by atoms with Gasteiger partial charge in [-0.05, 0) is 0 Å². The largest absolute Gasteiger partial charge is 0.466 e. The Kier molecular flexibility index (Phi) is 12.5. The quantitative estimate of drug-likeness (QED) is 0.298. The first-order chi connectivity index (χ1) is 2.00. The van der Waals surface area contributed by atoms with Crippen LogP contribution in [0.1, 0.15) is 0 Å². The van der Waals surface area contributed by atoms with Gasteiger partial charge in [-0.3, -0.25) is 0 Å². The zero-order valence-electron chi connectivity index (χ0n) is 3.70. The van der Waals surface area contributed by atoms with E-state index in [0.29, 0.717) is 0 Å². The molecule has 0 aromatic carbocycles. The zero-order chi connectivity index (χ0) is 4.50. The van der Waals surface area contributed by atoms with E-state index in [9.17, 15) is 0 Å². The first-order valence-electron chi connectivity index (χ1n) is 0.783. The SMILES string of the molecule is O=P(O)(O)O.[Li].[Ti]. The van der Waals surface area contributed by atoms with E-state index in [1.807, 2.05) is 0 Å². The van der Waals surface area contributed by atoms with Gasteiger partial charge in [-0.25, -0.2) is 4.57 Å². The maximum Gasteiger partial charge on any atom is 0.466 e. The van der Waals surface area contributed by atoms with E-state index >= 15 is 0 Å². The number of hydrogen-bond donors (Lipinski definition) is 3. The Labute approximate surface area is 67.6 Å². The van der Waals surface area contributed by atoms with Crippen LogP contribution < -0.4 is 0 Å². The molecule has 7 heavy (non-hydrogen) atoms. The predicted octanol–water partition coefficient (Wildman–Crippen LogP) is -1.31. The average Bonchev–Trinajstić information content (AvgIpc) is 0.722. The summed E-state index contributed by atoms with van der Waals surface area (Å²) < 4.78 is 8.88. The molecule has 0 heterocycles. The summed E-state index contributed by atoms with van der Waals surface area (Å²) >= 11 is 0. The van der Waals surface area contributed by atoms with Crippen LogP contribution in [-0.4, -0.2) is 33.5 Å². The molecule has 0 fully saturated rings. The second kappa shape index (κ2) is 5.56. The van der Waals surface area contributed by atoms with Crippen molar-refractivity contribution in [3.63, 3.8) is 0 Å². The first-order valence-corrected chi connectivity index (χ1v) is 2.35. The van der Waals surface area contributed by atoms with Crippen molar-refractivity contribution in [1.29, 1.82) is 0 Å². The Morgan fingerprint density at radius 1 is 1.14 bits per heavy atom. The Morgan fingerprint density at radius 2 is 1.14 bits per heavy atom. The third kappa shape index (κ3) is 108. The minimum atomic E-state index is -4.64. The van der Waals surface area contributed by atoms with Crippen LogP contribution in [0.15, 0.2) is 0 Å². The van der Waals surface area contributed by atoms with Crippen molar-refractivity contribution in [3.8, 4) is 0 Å². The van der Waals surface area contributed by atoms with Crippen LogP contribution in [0.5, 0.6) is 0 Å². The van der Waals surface area contributed by atoms with Gasteiger partial charge in [0.2, 0.25) is 0 Å². The second-order valence-corrected chi connectivity index (χ2v) is 1.54. The van der Waals surface area contributed by atoms with Gasteiger partial charge >= 0.3 is 7.82 Å². The summed E-state index contributed by atoms with van der Waals surface area (Å²) in [5, 5.41) is 0. The molecule has 3 N–H and O–H groups in total. The smallest absolute Gasteiger partial charge is 0.303 e. The molecule has 0 aliphatic heterocycles. The number of rotatable bonds is 0. The predicted molar refractivity (Wildman–Crippen MR) is 20.0 cm³/mol. The van der Waals surface area contributed by atoms with Crippen LogP contribution in [0.3, 0.4) is 0 Å². The molecule has 1 radical (unpaired) electrons. The van der Waals surface area contributed by atoms with E-state index in [2.05, 4.69) is 0 Å².